The zero-order valence-corrected chi connectivity index (χ0v) is 12.0. The lowest BCUT2D eigenvalue weighted by molar-refractivity contribution is -0.140. The average molecular weight is 289 g/mol. The van der Waals surface area contributed by atoms with Gasteiger partial charge >= 0.3 is 5.97 Å². The van der Waals surface area contributed by atoms with E-state index in [-0.39, 0.29) is 11.8 Å². The molecule has 2 atom stereocenters. The molecule has 1 amide bonds. The van der Waals surface area contributed by atoms with Crippen LogP contribution in [0.5, 0.6) is 0 Å². The maximum Gasteiger partial charge on any atom is 0.314 e. The maximum absolute atomic E-state index is 12.1. The summed E-state index contributed by atoms with van der Waals surface area (Å²) in [6, 6.07) is 7.09. The number of nitrogens with one attached hydrogen (secondary N) is 1. The van der Waals surface area contributed by atoms with Gasteiger partial charge in [-0.25, -0.2) is 0 Å². The summed E-state index contributed by atoms with van der Waals surface area (Å²) in [7, 11) is 0. The Morgan fingerprint density at radius 2 is 1.95 bits per heavy atom. The fourth-order valence-electron chi connectivity index (χ4n) is 2.87. The van der Waals surface area contributed by atoms with Crippen LogP contribution in [0.15, 0.2) is 24.3 Å². The molecule has 3 rings (SSSR count). The van der Waals surface area contributed by atoms with Crippen LogP contribution in [0.4, 0.5) is 5.69 Å². The van der Waals surface area contributed by atoms with Gasteiger partial charge in [-0.3, -0.25) is 9.59 Å². The van der Waals surface area contributed by atoms with Gasteiger partial charge in [0.15, 0.2) is 0 Å². The molecule has 1 saturated heterocycles. The van der Waals surface area contributed by atoms with Crippen LogP contribution in [0, 0.1) is 5.92 Å². The van der Waals surface area contributed by atoms with Gasteiger partial charge in [-0.05, 0) is 42.9 Å². The van der Waals surface area contributed by atoms with E-state index >= 15 is 0 Å². The van der Waals surface area contributed by atoms with E-state index in [1.165, 1.54) is 0 Å². The average Bonchev–Trinajstić information content (AvgIpc) is 3.16. The van der Waals surface area contributed by atoms with E-state index in [0.717, 1.165) is 12.0 Å². The number of anilines is 1. The molecule has 1 aromatic carbocycles. The van der Waals surface area contributed by atoms with Gasteiger partial charge in [0, 0.05) is 12.3 Å². The highest BCUT2D eigenvalue weighted by atomic mass is 16.5. The highest BCUT2D eigenvalue weighted by molar-refractivity contribution is 5.94. The molecule has 0 aromatic heterocycles. The van der Waals surface area contributed by atoms with Gasteiger partial charge in [0.1, 0.15) is 6.10 Å². The van der Waals surface area contributed by atoms with Crippen molar-refractivity contribution in [1.82, 2.24) is 0 Å². The van der Waals surface area contributed by atoms with E-state index in [0.29, 0.717) is 25.1 Å². The molecule has 2 aliphatic rings. The number of carboxylic acid groups (broad SMARTS) is 1. The highest BCUT2D eigenvalue weighted by Crippen LogP contribution is 2.48. The first kappa shape index (κ1) is 14.1. The number of ether oxygens (including phenoxy) is 1. The number of carbonyl (C=O) groups is 2. The molecule has 1 aliphatic heterocycles. The third-order valence-corrected chi connectivity index (χ3v) is 4.51. The zero-order valence-electron chi connectivity index (χ0n) is 12.0. The van der Waals surface area contributed by atoms with Crippen LogP contribution in [0.2, 0.25) is 0 Å². The topological polar surface area (TPSA) is 75.6 Å². The number of hydrogen-bond acceptors (Lipinski definition) is 3. The van der Waals surface area contributed by atoms with Crippen LogP contribution in [0.25, 0.3) is 0 Å². The van der Waals surface area contributed by atoms with Crippen molar-refractivity contribution in [3.63, 3.8) is 0 Å². The predicted octanol–water partition coefficient (Wildman–Crippen LogP) is 2.17. The summed E-state index contributed by atoms with van der Waals surface area (Å²) < 4.78 is 5.43. The maximum atomic E-state index is 12.1. The minimum absolute atomic E-state index is 0.132. The Bertz CT molecular complexity index is 562. The SMILES string of the molecule is CC1CCOC1C(=O)Nc1ccc(C2(C(=O)O)CC2)cc1. The Kier molecular flexibility index (Phi) is 3.45. The number of benzene rings is 1. The molecule has 5 heteroatoms. The summed E-state index contributed by atoms with van der Waals surface area (Å²) in [6.45, 7) is 2.63. The third kappa shape index (κ3) is 2.53. The molecule has 1 aliphatic carbocycles. The van der Waals surface area contributed by atoms with Gasteiger partial charge in [0.05, 0.1) is 5.41 Å². The summed E-state index contributed by atoms with van der Waals surface area (Å²) >= 11 is 0. The molecule has 1 saturated carbocycles. The molecule has 112 valence electrons. The molecule has 0 bridgehead atoms. The van der Waals surface area contributed by atoms with Crippen LogP contribution in [0.1, 0.15) is 31.7 Å². The molecule has 2 fully saturated rings. The summed E-state index contributed by atoms with van der Waals surface area (Å²) in [4.78, 5) is 23.4. The number of carboxylic acids is 1. The Hall–Kier alpha value is -1.88. The summed E-state index contributed by atoms with van der Waals surface area (Å²) in [6.07, 6.45) is 1.87. The molecule has 1 heterocycles. The molecule has 0 spiro atoms. The minimum atomic E-state index is -0.771. The number of amides is 1. The Balaban J connectivity index is 1.68. The van der Waals surface area contributed by atoms with Gasteiger partial charge in [-0.2, -0.15) is 0 Å². The van der Waals surface area contributed by atoms with Crippen molar-refractivity contribution in [3.05, 3.63) is 29.8 Å². The van der Waals surface area contributed by atoms with E-state index in [4.69, 9.17) is 4.74 Å². The zero-order chi connectivity index (χ0) is 15.0. The summed E-state index contributed by atoms with van der Waals surface area (Å²) in [5, 5.41) is 12.1. The fourth-order valence-corrected chi connectivity index (χ4v) is 2.87. The number of aliphatic carboxylic acids is 1. The lowest BCUT2D eigenvalue weighted by atomic mass is 9.96. The van der Waals surface area contributed by atoms with Crippen molar-refractivity contribution in [2.75, 3.05) is 11.9 Å². The van der Waals surface area contributed by atoms with E-state index in [1.54, 1.807) is 24.3 Å². The van der Waals surface area contributed by atoms with E-state index in [2.05, 4.69) is 5.32 Å². The van der Waals surface area contributed by atoms with Gasteiger partial charge in [-0.15, -0.1) is 0 Å². The third-order valence-electron chi connectivity index (χ3n) is 4.51. The summed E-state index contributed by atoms with van der Waals surface area (Å²) in [5.74, 6) is -0.675. The molecule has 0 radical (unpaired) electrons. The lowest BCUT2D eigenvalue weighted by Crippen LogP contribution is -2.31. The largest absolute Gasteiger partial charge is 0.481 e. The number of rotatable bonds is 4. The van der Waals surface area contributed by atoms with Crippen molar-refractivity contribution in [2.45, 2.75) is 37.7 Å². The van der Waals surface area contributed by atoms with Crippen LogP contribution in [-0.4, -0.2) is 29.7 Å². The predicted molar refractivity (Wildman–Crippen MR) is 77.1 cm³/mol. The summed E-state index contributed by atoms with van der Waals surface area (Å²) in [5.41, 5.74) is 0.775. The standard InChI is InChI=1S/C16H19NO4/c1-10-6-9-21-13(10)14(18)17-12-4-2-11(3-5-12)16(7-8-16)15(19)20/h2-5,10,13H,6-9H2,1H3,(H,17,18)(H,19,20). The van der Waals surface area contributed by atoms with Gasteiger partial charge in [-0.1, -0.05) is 19.1 Å². The van der Waals surface area contributed by atoms with E-state index < -0.39 is 17.5 Å². The van der Waals surface area contributed by atoms with Crippen molar-refractivity contribution in [1.29, 1.82) is 0 Å². The lowest BCUT2D eigenvalue weighted by Gasteiger charge is -2.15. The van der Waals surface area contributed by atoms with E-state index in [9.17, 15) is 14.7 Å². The number of carbonyl (C=O) groups excluding carboxylic acids is 1. The second-order valence-corrected chi connectivity index (χ2v) is 6.01. The molecule has 21 heavy (non-hydrogen) atoms. The van der Waals surface area contributed by atoms with Crippen molar-refractivity contribution >= 4 is 17.6 Å². The quantitative estimate of drug-likeness (QED) is 0.890. The Labute approximate surface area is 123 Å². The van der Waals surface area contributed by atoms with Crippen LogP contribution < -0.4 is 5.32 Å². The first-order valence-electron chi connectivity index (χ1n) is 7.29. The van der Waals surface area contributed by atoms with Crippen LogP contribution in [0.3, 0.4) is 0 Å². The smallest absolute Gasteiger partial charge is 0.314 e. The first-order valence-corrected chi connectivity index (χ1v) is 7.29. The Morgan fingerprint density at radius 3 is 2.43 bits per heavy atom. The van der Waals surface area contributed by atoms with E-state index in [1.807, 2.05) is 6.92 Å². The molecule has 2 N–H and O–H groups in total. The first-order chi connectivity index (χ1) is 10.0. The molecule has 1 aromatic rings. The second kappa shape index (κ2) is 5.15. The van der Waals surface area contributed by atoms with Gasteiger partial charge in [0.25, 0.3) is 5.91 Å². The Morgan fingerprint density at radius 1 is 1.29 bits per heavy atom. The van der Waals surface area contributed by atoms with Gasteiger partial charge in [0.2, 0.25) is 0 Å². The molecular weight excluding hydrogens is 270 g/mol. The second-order valence-electron chi connectivity index (χ2n) is 6.01. The van der Waals surface area contributed by atoms with Crippen molar-refractivity contribution < 1.29 is 19.4 Å². The minimum Gasteiger partial charge on any atom is -0.481 e. The van der Waals surface area contributed by atoms with Crippen LogP contribution in [-0.2, 0) is 19.7 Å². The molecular formula is C16H19NO4. The highest BCUT2D eigenvalue weighted by Gasteiger charge is 2.51. The molecule has 2 unspecified atom stereocenters. The van der Waals surface area contributed by atoms with Crippen molar-refractivity contribution in [2.24, 2.45) is 5.92 Å². The van der Waals surface area contributed by atoms with Gasteiger partial charge < -0.3 is 15.2 Å². The van der Waals surface area contributed by atoms with Crippen LogP contribution >= 0.6 is 0 Å². The normalized spacial score (nSPS) is 26.3. The monoisotopic (exact) mass is 289 g/mol. The number of hydrogen-bond donors (Lipinski definition) is 2. The molecule has 5 nitrogen and oxygen atoms in total. The van der Waals surface area contributed by atoms with Crippen molar-refractivity contribution in [3.8, 4) is 0 Å². The fraction of sp³-hybridized carbons (Fsp3) is 0.500.